The second-order valence-electron chi connectivity index (χ2n) is 6.66. The lowest BCUT2D eigenvalue weighted by Crippen LogP contribution is -2.32. The predicted molar refractivity (Wildman–Crippen MR) is 87.6 cm³/mol. The molecule has 0 aromatic heterocycles. The number of nitrogens with zero attached hydrogens (tertiary/aromatic N) is 1. The van der Waals surface area contributed by atoms with E-state index in [4.69, 9.17) is 0 Å². The van der Waals surface area contributed by atoms with Crippen LogP contribution >= 0.6 is 0 Å². The first-order chi connectivity index (χ1) is 11.0. The zero-order chi connectivity index (χ0) is 16.6. The van der Waals surface area contributed by atoms with Crippen LogP contribution in [-0.4, -0.2) is 42.9 Å². The molecule has 0 saturated heterocycles. The number of hydrogen-bond acceptors (Lipinski definition) is 4. The molecule has 0 heterocycles. The fourth-order valence-electron chi connectivity index (χ4n) is 3.60. The first-order valence-corrected chi connectivity index (χ1v) is 8.07. The maximum absolute atomic E-state index is 12.9. The van der Waals surface area contributed by atoms with Crippen molar-refractivity contribution in [2.24, 2.45) is 5.92 Å². The molecule has 1 aromatic carbocycles. The van der Waals surface area contributed by atoms with Gasteiger partial charge in [-0.05, 0) is 39.4 Å². The summed E-state index contributed by atoms with van der Waals surface area (Å²) in [5.41, 5.74) is 1.98. The van der Waals surface area contributed by atoms with Crippen molar-refractivity contribution in [2.75, 3.05) is 20.6 Å². The molecule has 0 fully saturated rings. The van der Waals surface area contributed by atoms with Crippen molar-refractivity contribution in [3.8, 4) is 0 Å². The van der Waals surface area contributed by atoms with E-state index in [1.807, 2.05) is 14.1 Å². The second kappa shape index (κ2) is 6.20. The second-order valence-corrected chi connectivity index (χ2v) is 6.66. The zero-order valence-electron chi connectivity index (χ0n) is 13.6. The maximum Gasteiger partial charge on any atom is 0.190 e. The Morgan fingerprint density at radius 2 is 1.70 bits per heavy atom. The van der Waals surface area contributed by atoms with Gasteiger partial charge < -0.3 is 4.90 Å². The van der Waals surface area contributed by atoms with Crippen molar-refractivity contribution in [1.29, 1.82) is 0 Å². The Morgan fingerprint density at radius 1 is 1.04 bits per heavy atom. The molecular weight excluding hydrogens is 290 g/mol. The highest BCUT2D eigenvalue weighted by Gasteiger charge is 2.39. The summed E-state index contributed by atoms with van der Waals surface area (Å²) < 4.78 is 0. The van der Waals surface area contributed by atoms with Crippen LogP contribution in [0.15, 0.2) is 35.4 Å². The molecule has 0 radical (unpaired) electrons. The SMILES string of the molecule is CN(C)CCCC1CC(=O)CC2=C1C(=O)c1ccccc1C2=O. The first kappa shape index (κ1) is 15.8. The standard InChI is InChI=1S/C19H21NO3/c1-20(2)9-5-6-12-10-13(21)11-16-17(12)19(23)15-8-4-3-7-14(15)18(16)22/h3-4,7-8,12H,5-6,9-11H2,1-2H3. The molecule has 2 aliphatic carbocycles. The van der Waals surface area contributed by atoms with E-state index >= 15 is 0 Å². The first-order valence-electron chi connectivity index (χ1n) is 8.07. The van der Waals surface area contributed by atoms with Crippen molar-refractivity contribution in [2.45, 2.75) is 25.7 Å². The van der Waals surface area contributed by atoms with Crippen LogP contribution in [0.4, 0.5) is 0 Å². The molecule has 23 heavy (non-hydrogen) atoms. The van der Waals surface area contributed by atoms with Gasteiger partial charge in [-0.1, -0.05) is 24.3 Å². The number of benzene rings is 1. The van der Waals surface area contributed by atoms with Gasteiger partial charge in [-0.15, -0.1) is 0 Å². The Labute approximate surface area is 136 Å². The minimum Gasteiger partial charge on any atom is -0.309 e. The Bertz CT molecular complexity index is 715. The van der Waals surface area contributed by atoms with Gasteiger partial charge >= 0.3 is 0 Å². The highest BCUT2D eigenvalue weighted by Crippen LogP contribution is 2.39. The fraction of sp³-hybridized carbons (Fsp3) is 0.421. The lowest BCUT2D eigenvalue weighted by Gasteiger charge is -2.30. The Kier molecular flexibility index (Phi) is 4.26. The lowest BCUT2D eigenvalue weighted by molar-refractivity contribution is -0.119. The lowest BCUT2D eigenvalue weighted by atomic mass is 9.71. The molecule has 1 unspecified atom stereocenters. The molecule has 1 aromatic rings. The predicted octanol–water partition coefficient (Wildman–Crippen LogP) is 2.68. The van der Waals surface area contributed by atoms with Crippen LogP contribution in [0, 0.1) is 5.92 Å². The van der Waals surface area contributed by atoms with E-state index in [1.54, 1.807) is 24.3 Å². The monoisotopic (exact) mass is 311 g/mol. The maximum atomic E-state index is 12.9. The topological polar surface area (TPSA) is 54.5 Å². The van der Waals surface area contributed by atoms with Crippen molar-refractivity contribution in [3.05, 3.63) is 46.5 Å². The van der Waals surface area contributed by atoms with E-state index in [-0.39, 0.29) is 29.7 Å². The highest BCUT2D eigenvalue weighted by atomic mass is 16.1. The van der Waals surface area contributed by atoms with E-state index in [9.17, 15) is 14.4 Å². The third kappa shape index (κ3) is 2.91. The van der Waals surface area contributed by atoms with Crippen molar-refractivity contribution in [3.63, 3.8) is 0 Å². The van der Waals surface area contributed by atoms with E-state index in [0.717, 1.165) is 19.4 Å². The normalized spacial score (nSPS) is 20.8. The molecule has 0 aliphatic heterocycles. The summed E-state index contributed by atoms with van der Waals surface area (Å²) in [6.45, 7) is 0.909. The summed E-state index contributed by atoms with van der Waals surface area (Å²) >= 11 is 0. The summed E-state index contributed by atoms with van der Waals surface area (Å²) in [4.78, 5) is 39.7. The summed E-state index contributed by atoms with van der Waals surface area (Å²) in [6.07, 6.45) is 2.17. The largest absolute Gasteiger partial charge is 0.309 e. The van der Waals surface area contributed by atoms with Crippen LogP contribution in [0.3, 0.4) is 0 Å². The third-order valence-electron chi connectivity index (χ3n) is 4.67. The molecule has 4 heteroatoms. The summed E-state index contributed by atoms with van der Waals surface area (Å²) in [5.74, 6) is -0.242. The van der Waals surface area contributed by atoms with Gasteiger partial charge in [0.15, 0.2) is 11.6 Å². The van der Waals surface area contributed by atoms with Gasteiger partial charge in [-0.25, -0.2) is 0 Å². The number of rotatable bonds is 4. The average Bonchev–Trinajstić information content (AvgIpc) is 2.52. The number of carbonyl (C=O) groups excluding carboxylic acids is 3. The van der Waals surface area contributed by atoms with E-state index in [0.29, 0.717) is 28.7 Å². The van der Waals surface area contributed by atoms with E-state index < -0.39 is 0 Å². The van der Waals surface area contributed by atoms with Gasteiger partial charge in [-0.3, -0.25) is 14.4 Å². The van der Waals surface area contributed by atoms with Crippen LogP contribution in [0.2, 0.25) is 0 Å². The van der Waals surface area contributed by atoms with Gasteiger partial charge in [-0.2, -0.15) is 0 Å². The van der Waals surface area contributed by atoms with Gasteiger partial charge in [0.2, 0.25) is 0 Å². The van der Waals surface area contributed by atoms with E-state index in [2.05, 4.69) is 4.90 Å². The molecule has 0 N–H and O–H groups in total. The third-order valence-corrected chi connectivity index (χ3v) is 4.67. The molecule has 0 saturated carbocycles. The minimum absolute atomic E-state index is 0.0578. The molecule has 2 aliphatic rings. The van der Waals surface area contributed by atoms with Crippen LogP contribution < -0.4 is 0 Å². The van der Waals surface area contributed by atoms with Crippen LogP contribution in [0.25, 0.3) is 0 Å². The Hall–Kier alpha value is -2.07. The number of carbonyl (C=O) groups is 3. The van der Waals surface area contributed by atoms with Gasteiger partial charge in [0.25, 0.3) is 0 Å². The molecule has 0 spiro atoms. The van der Waals surface area contributed by atoms with Crippen molar-refractivity contribution >= 4 is 17.3 Å². The average molecular weight is 311 g/mol. The Balaban J connectivity index is 1.96. The molecular formula is C19H21NO3. The quantitative estimate of drug-likeness (QED) is 0.858. The minimum atomic E-state index is -0.138. The summed E-state index contributed by atoms with van der Waals surface area (Å²) in [6, 6.07) is 6.94. The molecule has 4 nitrogen and oxygen atoms in total. The van der Waals surface area contributed by atoms with Crippen molar-refractivity contribution < 1.29 is 14.4 Å². The number of allylic oxidation sites excluding steroid dienone is 2. The number of fused-ring (bicyclic) bond motifs is 1. The summed E-state index contributed by atoms with van der Waals surface area (Å²) in [7, 11) is 4.00. The van der Waals surface area contributed by atoms with Gasteiger partial charge in [0.1, 0.15) is 5.78 Å². The fourth-order valence-corrected chi connectivity index (χ4v) is 3.60. The number of hydrogen-bond donors (Lipinski definition) is 0. The van der Waals surface area contributed by atoms with Crippen LogP contribution in [-0.2, 0) is 4.79 Å². The molecule has 1 atom stereocenters. The molecule has 0 amide bonds. The van der Waals surface area contributed by atoms with Crippen LogP contribution in [0.1, 0.15) is 46.4 Å². The number of Topliss-reactive ketones (excluding diaryl/α,β-unsaturated/α-hetero) is 3. The Morgan fingerprint density at radius 3 is 2.35 bits per heavy atom. The van der Waals surface area contributed by atoms with E-state index in [1.165, 1.54) is 0 Å². The molecule has 3 rings (SSSR count). The molecule has 0 bridgehead atoms. The number of ketones is 3. The highest BCUT2D eigenvalue weighted by molar-refractivity contribution is 6.28. The molecule has 120 valence electrons. The van der Waals surface area contributed by atoms with Crippen LogP contribution in [0.5, 0.6) is 0 Å². The van der Waals surface area contributed by atoms with Gasteiger partial charge in [0, 0.05) is 35.1 Å². The van der Waals surface area contributed by atoms with Gasteiger partial charge in [0.05, 0.1) is 0 Å². The summed E-state index contributed by atoms with van der Waals surface area (Å²) in [5, 5.41) is 0. The van der Waals surface area contributed by atoms with Crippen molar-refractivity contribution in [1.82, 2.24) is 4.90 Å². The zero-order valence-corrected chi connectivity index (χ0v) is 13.6. The smallest absolute Gasteiger partial charge is 0.190 e.